The second kappa shape index (κ2) is 37.1. The van der Waals surface area contributed by atoms with E-state index in [4.69, 9.17) is 19.3 Å². The summed E-state index contributed by atoms with van der Waals surface area (Å²) in [7, 11) is 3.55. The van der Waals surface area contributed by atoms with Crippen LogP contribution in [0.2, 0.25) is 0 Å². The van der Waals surface area contributed by atoms with Crippen LogP contribution in [0.15, 0.2) is 71.9 Å². The highest BCUT2D eigenvalue weighted by atomic mass is 79.9. The molecule has 20 atom stereocenters. The second-order valence-corrected chi connectivity index (χ2v) is 37.7. The summed E-state index contributed by atoms with van der Waals surface area (Å²) in [4.78, 5) is 23.7. The van der Waals surface area contributed by atoms with Crippen LogP contribution in [0, 0.1) is 116 Å². The standard InChI is InChI=1S/C44H74O3.C29H49Br.C15H26O3/c1-11-34(31(2)3)20-19-33(5)38-23-24-39-37-22-21-35-30-36(25-28-43(35,8)40(37)26-29-44(38,39)9)47-41(45)18-14-12-13-16-32(4)17-15-27-42(6,7)46-10;1-7-21(19(2)3)9-8-20(4)25-12-13-26-24-11-10-22-18-23(30)14-16-28(22,5)27(24)15-17-29(25,26)6;1-13(9-6-5-7-11-14(16)17)10-8-12-15(2,3)18-4/h12-14,18,21,31-34,36-40H,11,15-17,19-20,22-30H2,1-10H3;10,19-21,23-27H,7-9,11-18H2,1-6H3;5-7,11,13H,8-10,12H2,1-4H3,(H,16,17)/b13-12+,18-14+;;6-5+,11-7+/t32-,33-,34-,36?,37+,38-,39+,40+,43+,44-;20-,21-,23?,24+,25-,26+,27+,28+,29-;13-/m111/s1. The molecule has 0 aliphatic heterocycles. The van der Waals surface area contributed by atoms with Gasteiger partial charge in [0.2, 0.25) is 0 Å². The van der Waals surface area contributed by atoms with Gasteiger partial charge in [0, 0.05) is 37.6 Å². The Kier molecular flexibility index (Phi) is 31.9. The molecule has 2 unspecified atom stereocenters. The number of esters is 1. The van der Waals surface area contributed by atoms with Gasteiger partial charge in [0.1, 0.15) is 6.10 Å². The number of aliphatic carboxylic acids is 1. The van der Waals surface area contributed by atoms with Crippen molar-refractivity contribution >= 4 is 27.9 Å². The number of carbonyl (C=O) groups is 2. The fourth-order valence-corrected chi connectivity index (χ4v) is 22.7. The fraction of sp³-hybridized carbons (Fsp3) is 0.841. The lowest BCUT2D eigenvalue weighted by molar-refractivity contribution is -0.145. The van der Waals surface area contributed by atoms with Gasteiger partial charge in [0.15, 0.2) is 0 Å². The van der Waals surface area contributed by atoms with Gasteiger partial charge in [-0.3, -0.25) is 0 Å². The van der Waals surface area contributed by atoms with Crippen LogP contribution in [0.1, 0.15) is 317 Å². The number of carboxylic acids is 1. The van der Waals surface area contributed by atoms with Crippen LogP contribution >= 0.6 is 15.9 Å². The Balaban J connectivity index is 0.000000253. The van der Waals surface area contributed by atoms with Gasteiger partial charge in [-0.1, -0.05) is 224 Å². The predicted molar refractivity (Wildman–Crippen MR) is 409 cm³/mol. The van der Waals surface area contributed by atoms with Crippen LogP contribution in [0.3, 0.4) is 0 Å². The molecule has 6 saturated carbocycles. The normalized spacial score (nSPS) is 34.1. The van der Waals surface area contributed by atoms with Gasteiger partial charge >= 0.3 is 11.9 Å². The molecule has 6 nitrogen and oxygen atoms in total. The van der Waals surface area contributed by atoms with Gasteiger partial charge in [-0.25, -0.2) is 9.59 Å². The molecule has 8 aliphatic rings. The third-order valence-corrected chi connectivity index (χ3v) is 29.7. The minimum absolute atomic E-state index is 0.0201. The quantitative estimate of drug-likeness (QED) is 0.0245. The van der Waals surface area contributed by atoms with Crippen LogP contribution in [-0.4, -0.2) is 53.4 Å². The van der Waals surface area contributed by atoms with Crippen molar-refractivity contribution in [2.75, 3.05) is 14.2 Å². The number of carboxylic acid groups (broad SMARTS) is 1. The Hall–Kier alpha value is -2.22. The third kappa shape index (κ3) is 21.9. The van der Waals surface area contributed by atoms with E-state index in [0.717, 1.165) is 145 Å². The molecule has 7 heteroatoms. The molecule has 6 fully saturated rings. The third-order valence-electron chi connectivity index (χ3n) is 28.9. The molecule has 0 amide bonds. The van der Waals surface area contributed by atoms with Crippen molar-refractivity contribution < 1.29 is 28.9 Å². The van der Waals surface area contributed by atoms with Gasteiger partial charge < -0.3 is 19.3 Å². The van der Waals surface area contributed by atoms with E-state index in [2.05, 4.69) is 159 Å². The molecule has 544 valence electrons. The Labute approximate surface area is 595 Å². The largest absolute Gasteiger partial charge is 0.478 e. The zero-order valence-electron chi connectivity index (χ0n) is 65.2. The van der Waals surface area contributed by atoms with E-state index < -0.39 is 5.97 Å². The smallest absolute Gasteiger partial charge is 0.331 e. The minimum Gasteiger partial charge on any atom is -0.478 e. The summed E-state index contributed by atoms with van der Waals surface area (Å²) in [6.45, 7) is 43.4. The zero-order chi connectivity index (χ0) is 70.1. The van der Waals surface area contributed by atoms with Gasteiger partial charge in [0.05, 0.1) is 11.2 Å². The van der Waals surface area contributed by atoms with Crippen molar-refractivity contribution in [3.63, 3.8) is 0 Å². The van der Waals surface area contributed by atoms with Crippen LogP contribution < -0.4 is 0 Å². The molecular formula is C88H149BrO6. The fourth-order valence-electron chi connectivity index (χ4n) is 22.1. The number of ether oxygens (including phenoxy) is 3. The Bertz CT molecular complexity index is 2530. The molecule has 0 aromatic heterocycles. The van der Waals surface area contributed by atoms with E-state index in [1.165, 1.54) is 141 Å². The number of halogens is 1. The average Bonchev–Trinajstić information content (AvgIpc) is 1.70. The molecule has 8 aliphatic carbocycles. The van der Waals surface area contributed by atoms with E-state index in [1.54, 1.807) is 38.0 Å². The second-order valence-electron chi connectivity index (χ2n) is 36.4. The molecule has 0 spiro atoms. The lowest BCUT2D eigenvalue weighted by atomic mass is 9.47. The first-order chi connectivity index (χ1) is 44.8. The van der Waals surface area contributed by atoms with Crippen LogP contribution in [-0.2, 0) is 23.8 Å². The molecule has 0 saturated heterocycles. The van der Waals surface area contributed by atoms with Crippen molar-refractivity contribution in [3.05, 3.63) is 71.9 Å². The first-order valence-electron chi connectivity index (χ1n) is 40.0. The molecule has 0 aromatic carbocycles. The maximum atomic E-state index is 12.7. The maximum Gasteiger partial charge on any atom is 0.331 e. The molecule has 0 aromatic rings. The molecule has 95 heavy (non-hydrogen) atoms. The highest BCUT2D eigenvalue weighted by molar-refractivity contribution is 9.09. The number of fused-ring (bicyclic) bond motifs is 10. The summed E-state index contributed by atoms with van der Waals surface area (Å²) < 4.78 is 16.9. The highest BCUT2D eigenvalue weighted by Gasteiger charge is 2.61. The number of carbonyl (C=O) groups excluding carboxylic acids is 1. The summed E-state index contributed by atoms with van der Waals surface area (Å²) in [6.07, 6.45) is 58.4. The lowest BCUT2D eigenvalue weighted by Crippen LogP contribution is -2.51. The van der Waals surface area contributed by atoms with Crippen molar-refractivity contribution in [3.8, 4) is 0 Å². The topological polar surface area (TPSA) is 82.1 Å². The van der Waals surface area contributed by atoms with E-state index in [9.17, 15) is 9.59 Å². The highest BCUT2D eigenvalue weighted by Crippen LogP contribution is 2.69. The average molecular weight is 1380 g/mol. The molecule has 0 radical (unpaired) electrons. The zero-order valence-corrected chi connectivity index (χ0v) is 66.8. The van der Waals surface area contributed by atoms with Crippen LogP contribution in [0.5, 0.6) is 0 Å². The Morgan fingerprint density at radius 1 is 0.558 bits per heavy atom. The van der Waals surface area contributed by atoms with Crippen molar-refractivity contribution in [2.24, 2.45) is 116 Å². The summed E-state index contributed by atoms with van der Waals surface area (Å²) in [5, 5.41) is 8.41. The van der Waals surface area contributed by atoms with E-state index in [0.29, 0.717) is 28.1 Å². The minimum atomic E-state index is -0.908. The molecule has 8 rings (SSSR count). The Morgan fingerprint density at radius 2 is 0.989 bits per heavy atom. The van der Waals surface area contributed by atoms with Gasteiger partial charge in [-0.15, -0.1) is 0 Å². The van der Waals surface area contributed by atoms with Gasteiger partial charge in [0.25, 0.3) is 0 Å². The van der Waals surface area contributed by atoms with Crippen LogP contribution in [0.25, 0.3) is 0 Å². The number of allylic oxidation sites excluding steroid dienone is 9. The van der Waals surface area contributed by atoms with Gasteiger partial charge in [-0.2, -0.15) is 0 Å². The van der Waals surface area contributed by atoms with Gasteiger partial charge in [-0.05, 0) is 279 Å². The summed E-state index contributed by atoms with van der Waals surface area (Å²) in [6, 6.07) is 0. The van der Waals surface area contributed by atoms with E-state index in [-0.39, 0.29) is 28.7 Å². The number of rotatable bonds is 31. The molecule has 1 N–H and O–H groups in total. The van der Waals surface area contributed by atoms with E-state index in [1.807, 2.05) is 23.8 Å². The number of methoxy groups -OCH3 is 2. The monoisotopic (exact) mass is 1380 g/mol. The van der Waals surface area contributed by atoms with E-state index >= 15 is 0 Å². The SMILES string of the molecule is CC[C@H](CC[C@@H](C)[C@H]1CC[C@H]2[C@@H]3CC=C4CC(Br)CC[C@]4(C)[C@H]3CC[C@]12C)C(C)C.CC[C@H](CC[C@@H](C)[C@H]1CC[C@H]2[C@@H]3CC=C4CC(OC(=O)/C=C/C=C/C[C@@H](C)CCCC(C)(C)OC)CC[C@]4(C)[C@H]3CC[C@]12C)C(C)C.COC(C)(C)CCC[C@H](C)C/C=C/C=C/C(=O)O. The molecule has 0 heterocycles. The Morgan fingerprint density at radius 3 is 1.41 bits per heavy atom. The van der Waals surface area contributed by atoms with Crippen LogP contribution in [0.4, 0.5) is 0 Å². The number of hydrogen-bond acceptors (Lipinski definition) is 5. The number of alkyl halides is 1. The van der Waals surface area contributed by atoms with Crippen molar-refractivity contribution in [1.82, 2.24) is 0 Å². The first-order valence-corrected chi connectivity index (χ1v) is 41.0. The summed E-state index contributed by atoms with van der Waals surface area (Å²) >= 11 is 3.94. The summed E-state index contributed by atoms with van der Waals surface area (Å²) in [5.74, 6) is 12.7. The lowest BCUT2D eigenvalue weighted by Gasteiger charge is -2.58. The van der Waals surface area contributed by atoms with Crippen molar-refractivity contribution in [1.29, 1.82) is 0 Å². The maximum absolute atomic E-state index is 12.7. The first kappa shape index (κ1) is 81.7. The van der Waals surface area contributed by atoms with Crippen molar-refractivity contribution in [2.45, 2.75) is 339 Å². The predicted octanol–water partition coefficient (Wildman–Crippen LogP) is 25.5. The summed E-state index contributed by atoms with van der Waals surface area (Å²) in [5.41, 5.74) is 5.31. The number of hydrogen-bond donors (Lipinski definition) is 1. The molecular weight excluding hydrogens is 1230 g/mol. The molecule has 0 bridgehead atoms.